The van der Waals surface area contributed by atoms with Crippen molar-refractivity contribution in [2.45, 2.75) is 26.3 Å². The molecule has 0 aliphatic carbocycles. The number of aromatic nitrogens is 6. The average molecular weight is 321 g/mol. The molecule has 122 valence electrons. The van der Waals surface area contributed by atoms with E-state index in [-0.39, 0.29) is 6.04 Å². The van der Waals surface area contributed by atoms with Crippen LogP contribution in [0.3, 0.4) is 0 Å². The first-order valence-corrected chi connectivity index (χ1v) is 8.03. The first-order valence-electron chi connectivity index (χ1n) is 8.03. The molecule has 0 saturated heterocycles. The van der Waals surface area contributed by atoms with Gasteiger partial charge in [0.25, 0.3) is 0 Å². The number of imidazole rings is 1. The van der Waals surface area contributed by atoms with Gasteiger partial charge in [-0.1, -0.05) is 19.1 Å². The lowest BCUT2D eigenvalue weighted by atomic mass is 10.2. The van der Waals surface area contributed by atoms with Crippen molar-refractivity contribution < 1.29 is 0 Å². The number of rotatable bonds is 4. The summed E-state index contributed by atoms with van der Waals surface area (Å²) in [6.07, 6.45) is 2.67. The standard InChI is InChI=1S/C17H19N7/c1-4-12(16-22-13-7-5-6-8-14(13)23-16)21-15-11-9-18-24(3)17(11)20-10(2)19-15/h5-9,12H,4H2,1-3H3,(H,22,23)(H,19,20,21). The van der Waals surface area contributed by atoms with Crippen LogP contribution in [0, 0.1) is 6.92 Å². The Balaban J connectivity index is 1.75. The van der Waals surface area contributed by atoms with Crippen molar-refractivity contribution >= 4 is 27.9 Å². The van der Waals surface area contributed by atoms with Gasteiger partial charge in [-0.3, -0.25) is 4.68 Å². The third kappa shape index (κ3) is 2.38. The third-order valence-electron chi connectivity index (χ3n) is 4.16. The zero-order valence-electron chi connectivity index (χ0n) is 13.9. The number of H-pyrrole nitrogens is 1. The molecule has 0 fully saturated rings. The molecule has 0 amide bonds. The SMILES string of the molecule is CCC(Nc1nc(C)nc2c1cnn2C)c1nc2ccccc2[nH]1. The van der Waals surface area contributed by atoms with Gasteiger partial charge >= 0.3 is 0 Å². The van der Waals surface area contributed by atoms with E-state index in [1.54, 1.807) is 10.9 Å². The molecule has 4 aromatic rings. The number of hydrogen-bond acceptors (Lipinski definition) is 5. The third-order valence-corrected chi connectivity index (χ3v) is 4.16. The number of hydrogen-bond donors (Lipinski definition) is 2. The van der Waals surface area contributed by atoms with Gasteiger partial charge in [-0.15, -0.1) is 0 Å². The maximum Gasteiger partial charge on any atom is 0.163 e. The van der Waals surface area contributed by atoms with E-state index < -0.39 is 0 Å². The van der Waals surface area contributed by atoms with Crippen molar-refractivity contribution in [2.24, 2.45) is 7.05 Å². The van der Waals surface area contributed by atoms with Crippen LogP contribution in [-0.2, 0) is 7.05 Å². The number of benzene rings is 1. The quantitative estimate of drug-likeness (QED) is 0.603. The largest absolute Gasteiger partial charge is 0.359 e. The summed E-state index contributed by atoms with van der Waals surface area (Å²) in [4.78, 5) is 17.1. The van der Waals surface area contributed by atoms with E-state index in [9.17, 15) is 0 Å². The van der Waals surface area contributed by atoms with Crippen LogP contribution in [0.1, 0.15) is 31.0 Å². The fourth-order valence-corrected chi connectivity index (χ4v) is 2.91. The first kappa shape index (κ1) is 14.6. The number of anilines is 1. The predicted octanol–water partition coefficient (Wildman–Crippen LogP) is 3.11. The van der Waals surface area contributed by atoms with Crippen LogP contribution in [0.2, 0.25) is 0 Å². The second kappa shape index (κ2) is 5.59. The van der Waals surface area contributed by atoms with Crippen LogP contribution in [0.4, 0.5) is 5.82 Å². The Morgan fingerprint density at radius 1 is 1.21 bits per heavy atom. The van der Waals surface area contributed by atoms with E-state index in [4.69, 9.17) is 4.98 Å². The van der Waals surface area contributed by atoms with Crippen LogP contribution >= 0.6 is 0 Å². The average Bonchev–Trinajstić information content (AvgIpc) is 3.16. The van der Waals surface area contributed by atoms with Gasteiger partial charge in [0.1, 0.15) is 17.5 Å². The molecule has 24 heavy (non-hydrogen) atoms. The molecule has 1 aromatic carbocycles. The normalized spacial score (nSPS) is 12.8. The van der Waals surface area contributed by atoms with Crippen molar-refractivity contribution in [3.63, 3.8) is 0 Å². The highest BCUT2D eigenvalue weighted by Crippen LogP contribution is 2.26. The van der Waals surface area contributed by atoms with Gasteiger partial charge in [0, 0.05) is 7.05 Å². The number of nitrogens with one attached hydrogen (secondary N) is 2. The van der Waals surface area contributed by atoms with Crippen molar-refractivity contribution in [3.8, 4) is 0 Å². The molecule has 3 aromatic heterocycles. The Morgan fingerprint density at radius 3 is 2.83 bits per heavy atom. The molecule has 3 heterocycles. The Labute approximate surface area is 139 Å². The molecule has 0 aliphatic rings. The van der Waals surface area contributed by atoms with E-state index in [2.05, 4.69) is 32.3 Å². The number of para-hydroxylation sites is 2. The number of nitrogens with zero attached hydrogens (tertiary/aromatic N) is 5. The molecule has 4 rings (SSSR count). The number of aromatic amines is 1. The van der Waals surface area contributed by atoms with E-state index >= 15 is 0 Å². The topological polar surface area (TPSA) is 84.3 Å². The maximum atomic E-state index is 4.71. The molecule has 0 aliphatic heterocycles. The highest BCUT2D eigenvalue weighted by molar-refractivity contribution is 5.86. The highest BCUT2D eigenvalue weighted by Gasteiger charge is 2.17. The Kier molecular flexibility index (Phi) is 3.41. The zero-order valence-corrected chi connectivity index (χ0v) is 13.9. The molecule has 1 unspecified atom stereocenters. The molecule has 2 N–H and O–H groups in total. The van der Waals surface area contributed by atoms with Gasteiger partial charge in [0.05, 0.1) is 28.7 Å². The maximum absolute atomic E-state index is 4.71. The summed E-state index contributed by atoms with van der Waals surface area (Å²) >= 11 is 0. The van der Waals surface area contributed by atoms with Crippen molar-refractivity contribution in [3.05, 3.63) is 42.1 Å². The van der Waals surface area contributed by atoms with Crippen LogP contribution in [0.5, 0.6) is 0 Å². The lowest BCUT2D eigenvalue weighted by Crippen LogP contribution is -2.13. The second-order valence-electron chi connectivity index (χ2n) is 5.87. The van der Waals surface area contributed by atoms with Gasteiger partial charge < -0.3 is 10.3 Å². The molecule has 0 spiro atoms. The molecule has 0 bridgehead atoms. The van der Waals surface area contributed by atoms with E-state index in [1.807, 2.05) is 38.2 Å². The van der Waals surface area contributed by atoms with E-state index in [1.165, 1.54) is 0 Å². The molecule has 0 radical (unpaired) electrons. The molecular weight excluding hydrogens is 302 g/mol. The Morgan fingerprint density at radius 2 is 2.04 bits per heavy atom. The summed E-state index contributed by atoms with van der Waals surface area (Å²) in [5.41, 5.74) is 2.83. The summed E-state index contributed by atoms with van der Waals surface area (Å²) < 4.78 is 1.76. The Hall–Kier alpha value is -2.96. The molecule has 7 heteroatoms. The van der Waals surface area contributed by atoms with Crippen molar-refractivity contribution in [2.75, 3.05) is 5.32 Å². The van der Waals surface area contributed by atoms with Crippen LogP contribution in [0.15, 0.2) is 30.5 Å². The Bertz CT molecular complexity index is 981. The van der Waals surface area contributed by atoms with E-state index in [0.717, 1.165) is 40.1 Å². The molecule has 0 saturated carbocycles. The van der Waals surface area contributed by atoms with Gasteiger partial charge in [0.2, 0.25) is 0 Å². The lowest BCUT2D eigenvalue weighted by Gasteiger charge is -2.16. The summed E-state index contributed by atoms with van der Waals surface area (Å²) in [5, 5.41) is 8.71. The zero-order chi connectivity index (χ0) is 16.7. The number of aryl methyl sites for hydroxylation is 2. The number of fused-ring (bicyclic) bond motifs is 2. The van der Waals surface area contributed by atoms with Gasteiger partial charge in [-0.05, 0) is 25.5 Å². The smallest absolute Gasteiger partial charge is 0.163 e. The monoisotopic (exact) mass is 321 g/mol. The second-order valence-corrected chi connectivity index (χ2v) is 5.87. The van der Waals surface area contributed by atoms with E-state index in [0.29, 0.717) is 5.82 Å². The van der Waals surface area contributed by atoms with Crippen molar-refractivity contribution in [1.29, 1.82) is 0 Å². The van der Waals surface area contributed by atoms with Gasteiger partial charge in [0.15, 0.2) is 5.65 Å². The highest BCUT2D eigenvalue weighted by atomic mass is 15.3. The minimum absolute atomic E-state index is 0.0371. The summed E-state index contributed by atoms with van der Waals surface area (Å²) in [7, 11) is 1.88. The van der Waals surface area contributed by atoms with Gasteiger partial charge in [-0.2, -0.15) is 5.10 Å². The van der Waals surface area contributed by atoms with Crippen molar-refractivity contribution in [1.82, 2.24) is 29.7 Å². The van der Waals surface area contributed by atoms with Crippen LogP contribution < -0.4 is 5.32 Å². The molecule has 1 atom stereocenters. The minimum Gasteiger partial charge on any atom is -0.359 e. The summed E-state index contributed by atoms with van der Waals surface area (Å²) in [6, 6.07) is 8.08. The van der Waals surface area contributed by atoms with Crippen LogP contribution in [-0.4, -0.2) is 29.7 Å². The summed E-state index contributed by atoms with van der Waals surface area (Å²) in [6.45, 7) is 4.01. The summed E-state index contributed by atoms with van der Waals surface area (Å²) in [5.74, 6) is 2.41. The molecular formula is C17H19N7. The first-order chi connectivity index (χ1) is 11.7. The van der Waals surface area contributed by atoms with Gasteiger partial charge in [-0.25, -0.2) is 15.0 Å². The fraction of sp³-hybridized carbons (Fsp3) is 0.294. The van der Waals surface area contributed by atoms with Crippen LogP contribution in [0.25, 0.3) is 22.1 Å². The fourth-order valence-electron chi connectivity index (χ4n) is 2.91. The predicted molar refractivity (Wildman–Crippen MR) is 93.8 cm³/mol. The minimum atomic E-state index is 0.0371. The lowest BCUT2D eigenvalue weighted by molar-refractivity contribution is 0.703. The molecule has 7 nitrogen and oxygen atoms in total.